The quantitative estimate of drug-likeness (QED) is 0.770. The first-order valence-corrected chi connectivity index (χ1v) is 6.92. The van der Waals surface area contributed by atoms with Crippen molar-refractivity contribution in [3.8, 4) is 0 Å². The molecule has 1 fully saturated rings. The highest BCUT2D eigenvalue weighted by atomic mass is 32.2. The van der Waals surface area contributed by atoms with Gasteiger partial charge in [0.15, 0.2) is 0 Å². The molecule has 0 heterocycles. The maximum Gasteiger partial charge on any atom is 0.240 e. The van der Waals surface area contributed by atoms with E-state index in [2.05, 4.69) is 11.6 Å². The predicted molar refractivity (Wildman–Crippen MR) is 66.0 cm³/mol. The molecule has 1 saturated carbocycles. The summed E-state index contributed by atoms with van der Waals surface area (Å²) in [6.07, 6.45) is 6.30. The Hall–Kier alpha value is -0.220. The third-order valence-corrected chi connectivity index (χ3v) is 4.49. The fraction of sp³-hybridized carbons (Fsp3) is 0.909. The summed E-state index contributed by atoms with van der Waals surface area (Å²) in [6, 6.07) is 0.321. The van der Waals surface area contributed by atoms with Gasteiger partial charge >= 0.3 is 0 Å². The van der Waals surface area contributed by atoms with Crippen molar-refractivity contribution in [3.05, 3.63) is 0 Å². The van der Waals surface area contributed by atoms with E-state index in [0.29, 0.717) is 17.7 Å². The van der Waals surface area contributed by atoms with Crippen molar-refractivity contribution < 1.29 is 4.79 Å². The van der Waals surface area contributed by atoms with Crippen molar-refractivity contribution in [2.24, 2.45) is 5.73 Å². The van der Waals surface area contributed by atoms with Crippen LogP contribution in [0.4, 0.5) is 0 Å². The van der Waals surface area contributed by atoms with E-state index in [1.165, 1.54) is 12.8 Å². The Morgan fingerprint density at radius 2 is 2.27 bits per heavy atom. The molecule has 0 aromatic carbocycles. The van der Waals surface area contributed by atoms with Crippen molar-refractivity contribution >= 4 is 17.7 Å². The van der Waals surface area contributed by atoms with Gasteiger partial charge in [0.1, 0.15) is 0 Å². The van der Waals surface area contributed by atoms with E-state index in [9.17, 15) is 4.79 Å². The summed E-state index contributed by atoms with van der Waals surface area (Å²) in [4.78, 5) is 11.9. The molecule has 88 valence electrons. The molecule has 0 aromatic rings. The van der Waals surface area contributed by atoms with Crippen LogP contribution in [-0.4, -0.2) is 29.0 Å². The molecular formula is C11H22N2OS. The van der Waals surface area contributed by atoms with Gasteiger partial charge in [-0.05, 0) is 32.4 Å². The second kappa shape index (κ2) is 5.21. The van der Waals surface area contributed by atoms with Crippen LogP contribution in [0.2, 0.25) is 0 Å². The van der Waals surface area contributed by atoms with Crippen LogP contribution in [0, 0.1) is 0 Å². The first-order valence-electron chi connectivity index (χ1n) is 5.64. The van der Waals surface area contributed by atoms with Crippen LogP contribution < -0.4 is 11.1 Å². The number of carbonyl (C=O) groups excluding carboxylic acids is 1. The number of hydrogen-bond acceptors (Lipinski definition) is 3. The molecule has 15 heavy (non-hydrogen) atoms. The van der Waals surface area contributed by atoms with Crippen molar-refractivity contribution in [1.82, 2.24) is 5.32 Å². The van der Waals surface area contributed by atoms with Crippen LogP contribution in [0.25, 0.3) is 0 Å². The van der Waals surface area contributed by atoms with E-state index in [1.54, 1.807) is 6.92 Å². The van der Waals surface area contributed by atoms with Gasteiger partial charge in [-0.1, -0.05) is 13.3 Å². The molecule has 4 heteroatoms. The van der Waals surface area contributed by atoms with E-state index in [0.717, 1.165) is 6.42 Å². The van der Waals surface area contributed by atoms with E-state index >= 15 is 0 Å². The molecule has 1 aliphatic rings. The van der Waals surface area contributed by atoms with Gasteiger partial charge in [-0.2, -0.15) is 11.8 Å². The third-order valence-electron chi connectivity index (χ3n) is 3.32. The van der Waals surface area contributed by atoms with Gasteiger partial charge in [0, 0.05) is 11.3 Å². The van der Waals surface area contributed by atoms with E-state index in [-0.39, 0.29) is 5.91 Å². The Morgan fingerprint density at radius 1 is 1.60 bits per heavy atom. The van der Waals surface area contributed by atoms with Crippen LogP contribution in [0.5, 0.6) is 0 Å². The van der Waals surface area contributed by atoms with Crippen LogP contribution in [0.15, 0.2) is 0 Å². The van der Waals surface area contributed by atoms with E-state index in [4.69, 9.17) is 5.73 Å². The molecule has 0 aromatic heterocycles. The first-order chi connectivity index (χ1) is 7.01. The average Bonchev–Trinajstić information content (AvgIpc) is 2.65. The molecule has 3 nitrogen and oxygen atoms in total. The van der Waals surface area contributed by atoms with Gasteiger partial charge in [0.25, 0.3) is 0 Å². The Morgan fingerprint density at radius 3 is 2.80 bits per heavy atom. The van der Waals surface area contributed by atoms with E-state index in [1.807, 2.05) is 18.7 Å². The lowest BCUT2D eigenvalue weighted by molar-refractivity contribution is -0.126. The summed E-state index contributed by atoms with van der Waals surface area (Å²) in [5, 5.41) is 3.66. The fourth-order valence-corrected chi connectivity index (χ4v) is 2.80. The third kappa shape index (κ3) is 3.11. The Balaban J connectivity index is 2.51. The number of rotatable bonds is 4. The lowest BCUT2D eigenvalue weighted by Crippen LogP contribution is -2.54. The second-order valence-electron chi connectivity index (χ2n) is 4.56. The second-order valence-corrected chi connectivity index (χ2v) is 5.63. The summed E-state index contributed by atoms with van der Waals surface area (Å²) < 4.78 is 0. The van der Waals surface area contributed by atoms with Crippen molar-refractivity contribution in [2.75, 3.05) is 6.26 Å². The lowest BCUT2D eigenvalue weighted by atomic mass is 9.99. The van der Waals surface area contributed by atoms with Crippen molar-refractivity contribution in [1.29, 1.82) is 0 Å². The molecule has 0 spiro atoms. The largest absolute Gasteiger partial charge is 0.351 e. The maximum absolute atomic E-state index is 11.9. The SMILES string of the molecule is CCC(C)(N)C(=O)NC1CCCC1SC. The monoisotopic (exact) mass is 230 g/mol. The molecule has 3 unspecified atom stereocenters. The first kappa shape index (κ1) is 12.8. The molecule has 0 saturated heterocycles. The Labute approximate surface area is 96.6 Å². The van der Waals surface area contributed by atoms with Crippen molar-refractivity contribution in [2.45, 2.75) is 56.4 Å². The molecule has 0 aliphatic heterocycles. The summed E-state index contributed by atoms with van der Waals surface area (Å²) in [6.45, 7) is 3.74. The zero-order chi connectivity index (χ0) is 11.5. The van der Waals surface area contributed by atoms with Crippen LogP contribution >= 0.6 is 11.8 Å². The Bertz CT molecular complexity index is 231. The normalized spacial score (nSPS) is 29.9. The van der Waals surface area contributed by atoms with Gasteiger partial charge in [-0.25, -0.2) is 0 Å². The molecule has 3 N–H and O–H groups in total. The summed E-state index contributed by atoms with van der Waals surface area (Å²) in [5.41, 5.74) is 5.19. The zero-order valence-corrected chi connectivity index (χ0v) is 10.7. The zero-order valence-electron chi connectivity index (χ0n) is 9.88. The summed E-state index contributed by atoms with van der Waals surface area (Å²) >= 11 is 1.85. The molecule has 1 rings (SSSR count). The Kier molecular flexibility index (Phi) is 4.46. The number of nitrogens with two attached hydrogens (primary N) is 1. The highest BCUT2D eigenvalue weighted by Gasteiger charge is 2.32. The molecule has 0 radical (unpaired) electrons. The summed E-state index contributed by atoms with van der Waals surface area (Å²) in [5.74, 6) is -0.00375. The van der Waals surface area contributed by atoms with Gasteiger partial charge in [-0.3, -0.25) is 4.79 Å². The van der Waals surface area contributed by atoms with Gasteiger partial charge < -0.3 is 11.1 Å². The van der Waals surface area contributed by atoms with Crippen LogP contribution in [-0.2, 0) is 4.79 Å². The number of amides is 1. The highest BCUT2D eigenvalue weighted by Crippen LogP contribution is 2.28. The molecule has 1 amide bonds. The maximum atomic E-state index is 11.9. The summed E-state index contributed by atoms with van der Waals surface area (Å²) in [7, 11) is 0. The fourth-order valence-electron chi connectivity index (χ4n) is 1.87. The minimum atomic E-state index is -0.717. The topological polar surface area (TPSA) is 55.1 Å². The molecule has 3 atom stereocenters. The minimum absolute atomic E-state index is 0.00375. The standard InChI is InChI=1S/C11H22N2OS/c1-4-11(2,12)10(14)13-8-6-5-7-9(8)15-3/h8-9H,4-7,12H2,1-3H3,(H,13,14). The molecule has 0 bridgehead atoms. The van der Waals surface area contributed by atoms with Gasteiger partial charge in [0.2, 0.25) is 5.91 Å². The number of thioether (sulfide) groups is 1. The number of carbonyl (C=O) groups is 1. The van der Waals surface area contributed by atoms with E-state index < -0.39 is 5.54 Å². The average molecular weight is 230 g/mol. The van der Waals surface area contributed by atoms with Gasteiger partial charge in [-0.15, -0.1) is 0 Å². The number of hydrogen-bond donors (Lipinski definition) is 2. The molecular weight excluding hydrogens is 208 g/mol. The smallest absolute Gasteiger partial charge is 0.240 e. The highest BCUT2D eigenvalue weighted by molar-refractivity contribution is 7.99. The van der Waals surface area contributed by atoms with Crippen molar-refractivity contribution in [3.63, 3.8) is 0 Å². The van der Waals surface area contributed by atoms with Crippen LogP contribution in [0.3, 0.4) is 0 Å². The predicted octanol–water partition coefficient (Wildman–Crippen LogP) is 1.51. The lowest BCUT2D eigenvalue weighted by Gasteiger charge is -2.26. The minimum Gasteiger partial charge on any atom is -0.351 e. The molecule has 1 aliphatic carbocycles. The number of nitrogens with one attached hydrogen (secondary N) is 1. The van der Waals surface area contributed by atoms with Crippen LogP contribution in [0.1, 0.15) is 39.5 Å². The van der Waals surface area contributed by atoms with Gasteiger partial charge in [0.05, 0.1) is 5.54 Å².